The summed E-state index contributed by atoms with van der Waals surface area (Å²) in [6.07, 6.45) is 0. The second-order valence-corrected chi connectivity index (χ2v) is 5.92. The smallest absolute Gasteiger partial charge is 0.234 e. The van der Waals surface area contributed by atoms with Gasteiger partial charge in [-0.2, -0.15) is 0 Å². The Labute approximate surface area is 138 Å². The van der Waals surface area contributed by atoms with Gasteiger partial charge in [0.15, 0.2) is 0 Å². The first kappa shape index (κ1) is 17.6. The summed E-state index contributed by atoms with van der Waals surface area (Å²) in [6.45, 7) is 7.25. The lowest BCUT2D eigenvalue weighted by Crippen LogP contribution is -2.52. The van der Waals surface area contributed by atoms with Crippen LogP contribution in [0.3, 0.4) is 0 Å². The third-order valence-corrected chi connectivity index (χ3v) is 4.27. The van der Waals surface area contributed by atoms with E-state index in [2.05, 4.69) is 22.5 Å². The van der Waals surface area contributed by atoms with Gasteiger partial charge in [-0.3, -0.25) is 9.69 Å². The summed E-state index contributed by atoms with van der Waals surface area (Å²) in [7, 11) is 3.25. The summed E-state index contributed by atoms with van der Waals surface area (Å²) >= 11 is 0. The average Bonchev–Trinajstić information content (AvgIpc) is 2.56. The monoisotopic (exact) mass is 321 g/mol. The quantitative estimate of drug-likeness (QED) is 0.824. The van der Waals surface area contributed by atoms with Gasteiger partial charge < -0.3 is 20.1 Å². The van der Waals surface area contributed by atoms with Crippen molar-refractivity contribution < 1.29 is 14.3 Å². The molecule has 1 fully saturated rings. The number of carbonyl (C=O) groups excluding carboxylic acids is 1. The number of rotatable bonds is 6. The molecule has 1 aromatic carbocycles. The second-order valence-electron chi connectivity index (χ2n) is 5.92. The lowest BCUT2D eigenvalue weighted by atomic mass is 10.1. The molecule has 1 saturated heterocycles. The van der Waals surface area contributed by atoms with Gasteiger partial charge in [-0.25, -0.2) is 0 Å². The Bertz CT molecular complexity index is 536. The van der Waals surface area contributed by atoms with Crippen LogP contribution in [0, 0.1) is 0 Å². The van der Waals surface area contributed by atoms with Crippen LogP contribution in [0.4, 0.5) is 0 Å². The van der Waals surface area contributed by atoms with Gasteiger partial charge in [0.25, 0.3) is 0 Å². The van der Waals surface area contributed by atoms with Crippen molar-refractivity contribution in [1.82, 2.24) is 15.5 Å². The number of amides is 1. The SMILES string of the molecule is COc1ccc(OC)c(C(C)NC(=O)CN2CCNC[C@@H]2C)c1. The van der Waals surface area contributed by atoms with Crippen molar-refractivity contribution in [2.24, 2.45) is 0 Å². The van der Waals surface area contributed by atoms with Crippen LogP contribution in [0.1, 0.15) is 25.5 Å². The highest BCUT2D eigenvalue weighted by Crippen LogP contribution is 2.29. The zero-order valence-electron chi connectivity index (χ0n) is 14.4. The fraction of sp³-hybridized carbons (Fsp3) is 0.588. The van der Waals surface area contributed by atoms with Gasteiger partial charge >= 0.3 is 0 Å². The lowest BCUT2D eigenvalue weighted by Gasteiger charge is -2.33. The third-order valence-electron chi connectivity index (χ3n) is 4.27. The van der Waals surface area contributed by atoms with E-state index in [0.717, 1.165) is 36.7 Å². The van der Waals surface area contributed by atoms with E-state index >= 15 is 0 Å². The van der Waals surface area contributed by atoms with Crippen LogP contribution in [0.15, 0.2) is 18.2 Å². The van der Waals surface area contributed by atoms with Crippen LogP contribution < -0.4 is 20.1 Å². The van der Waals surface area contributed by atoms with Crippen LogP contribution in [0.5, 0.6) is 11.5 Å². The van der Waals surface area contributed by atoms with Gasteiger partial charge in [-0.15, -0.1) is 0 Å². The number of nitrogens with zero attached hydrogens (tertiary/aromatic N) is 1. The van der Waals surface area contributed by atoms with Gasteiger partial charge in [0.05, 0.1) is 26.8 Å². The molecule has 2 N–H and O–H groups in total. The summed E-state index contributed by atoms with van der Waals surface area (Å²) in [5, 5.41) is 6.38. The summed E-state index contributed by atoms with van der Waals surface area (Å²) in [4.78, 5) is 14.5. The topological polar surface area (TPSA) is 62.8 Å². The Balaban J connectivity index is 2.00. The van der Waals surface area contributed by atoms with Gasteiger partial charge in [0.1, 0.15) is 11.5 Å². The lowest BCUT2D eigenvalue weighted by molar-refractivity contribution is -0.123. The first-order chi connectivity index (χ1) is 11.0. The molecule has 128 valence electrons. The molecular weight excluding hydrogens is 294 g/mol. The van der Waals surface area contributed by atoms with Crippen molar-refractivity contribution in [3.8, 4) is 11.5 Å². The zero-order valence-corrected chi connectivity index (χ0v) is 14.4. The van der Waals surface area contributed by atoms with Crippen molar-refractivity contribution in [3.05, 3.63) is 23.8 Å². The molecule has 1 heterocycles. The summed E-state index contributed by atoms with van der Waals surface area (Å²) < 4.78 is 10.7. The predicted octanol–water partition coefficient (Wildman–Crippen LogP) is 1.17. The van der Waals surface area contributed by atoms with E-state index in [-0.39, 0.29) is 11.9 Å². The summed E-state index contributed by atoms with van der Waals surface area (Å²) in [5.41, 5.74) is 0.911. The van der Waals surface area contributed by atoms with Crippen LogP contribution in [0.25, 0.3) is 0 Å². The van der Waals surface area contributed by atoms with Gasteiger partial charge in [-0.05, 0) is 32.0 Å². The first-order valence-electron chi connectivity index (χ1n) is 8.01. The van der Waals surface area contributed by atoms with Crippen molar-refractivity contribution in [2.75, 3.05) is 40.4 Å². The molecule has 1 unspecified atom stereocenters. The molecule has 0 bridgehead atoms. The minimum absolute atomic E-state index is 0.0242. The zero-order chi connectivity index (χ0) is 16.8. The number of benzene rings is 1. The van der Waals surface area contributed by atoms with E-state index in [1.165, 1.54) is 0 Å². The molecule has 1 amide bonds. The van der Waals surface area contributed by atoms with Crippen LogP contribution >= 0.6 is 0 Å². The maximum absolute atomic E-state index is 12.3. The molecule has 0 saturated carbocycles. The van der Waals surface area contributed by atoms with E-state index in [1.54, 1.807) is 14.2 Å². The normalized spacial score (nSPS) is 19.9. The highest BCUT2D eigenvalue weighted by molar-refractivity contribution is 5.78. The molecule has 0 aliphatic carbocycles. The Hall–Kier alpha value is -1.79. The standard InChI is InChI=1S/C17H27N3O3/c1-12-10-18-7-8-20(12)11-17(21)19-13(2)15-9-14(22-3)5-6-16(15)23-4/h5-6,9,12-13,18H,7-8,10-11H2,1-4H3,(H,19,21)/t12-,13?/m0/s1. The highest BCUT2D eigenvalue weighted by atomic mass is 16.5. The molecule has 2 atom stereocenters. The van der Waals surface area contributed by atoms with E-state index in [9.17, 15) is 4.79 Å². The Kier molecular flexibility index (Phi) is 6.24. The minimum Gasteiger partial charge on any atom is -0.497 e. The van der Waals surface area contributed by atoms with Crippen molar-refractivity contribution in [3.63, 3.8) is 0 Å². The summed E-state index contributed by atoms with van der Waals surface area (Å²) in [5.74, 6) is 1.52. The molecule has 1 aliphatic rings. The average molecular weight is 321 g/mol. The molecule has 2 rings (SSSR count). The van der Waals surface area contributed by atoms with Crippen LogP contribution in [-0.4, -0.2) is 57.2 Å². The minimum atomic E-state index is -0.147. The van der Waals surface area contributed by atoms with Gasteiger partial charge in [0, 0.05) is 31.2 Å². The van der Waals surface area contributed by atoms with Crippen molar-refractivity contribution in [2.45, 2.75) is 25.9 Å². The second kappa shape index (κ2) is 8.17. The molecule has 0 aromatic heterocycles. The number of hydrogen-bond donors (Lipinski definition) is 2. The molecular formula is C17H27N3O3. The van der Waals surface area contributed by atoms with E-state index in [4.69, 9.17) is 9.47 Å². The van der Waals surface area contributed by atoms with Crippen molar-refractivity contribution >= 4 is 5.91 Å². The molecule has 1 aromatic rings. The summed E-state index contributed by atoms with van der Waals surface area (Å²) in [6, 6.07) is 5.83. The molecule has 6 nitrogen and oxygen atoms in total. The largest absolute Gasteiger partial charge is 0.497 e. The molecule has 23 heavy (non-hydrogen) atoms. The maximum Gasteiger partial charge on any atom is 0.234 e. The third kappa shape index (κ3) is 4.59. The van der Waals surface area contributed by atoms with Crippen molar-refractivity contribution in [1.29, 1.82) is 0 Å². The van der Waals surface area contributed by atoms with E-state index in [0.29, 0.717) is 12.6 Å². The maximum atomic E-state index is 12.3. The highest BCUT2D eigenvalue weighted by Gasteiger charge is 2.22. The molecule has 1 aliphatic heterocycles. The number of ether oxygens (including phenoxy) is 2. The Morgan fingerprint density at radius 1 is 1.43 bits per heavy atom. The predicted molar refractivity (Wildman–Crippen MR) is 90.0 cm³/mol. The number of nitrogens with one attached hydrogen (secondary N) is 2. The Morgan fingerprint density at radius 3 is 2.87 bits per heavy atom. The van der Waals surface area contributed by atoms with Crippen LogP contribution in [0.2, 0.25) is 0 Å². The number of hydrogen-bond acceptors (Lipinski definition) is 5. The van der Waals surface area contributed by atoms with Gasteiger partial charge in [-0.1, -0.05) is 0 Å². The number of methoxy groups -OCH3 is 2. The first-order valence-corrected chi connectivity index (χ1v) is 8.01. The molecule has 0 radical (unpaired) electrons. The fourth-order valence-corrected chi connectivity index (χ4v) is 2.85. The van der Waals surface area contributed by atoms with E-state index in [1.807, 2.05) is 25.1 Å². The Morgan fingerprint density at radius 2 is 2.22 bits per heavy atom. The molecule has 6 heteroatoms. The molecule has 0 spiro atoms. The number of piperazine rings is 1. The van der Waals surface area contributed by atoms with E-state index < -0.39 is 0 Å². The number of carbonyl (C=O) groups is 1. The fourth-order valence-electron chi connectivity index (χ4n) is 2.85. The van der Waals surface area contributed by atoms with Crippen LogP contribution in [-0.2, 0) is 4.79 Å². The van der Waals surface area contributed by atoms with Gasteiger partial charge in [0.2, 0.25) is 5.91 Å².